The highest BCUT2D eigenvalue weighted by atomic mass is 35.5. The monoisotopic (exact) mass is 306 g/mol. The van der Waals surface area contributed by atoms with Gasteiger partial charge in [0.2, 0.25) is 0 Å². The van der Waals surface area contributed by atoms with E-state index < -0.39 is 0 Å². The normalized spacial score (nSPS) is 11.6. The summed E-state index contributed by atoms with van der Waals surface area (Å²) < 4.78 is 6.16. The van der Waals surface area contributed by atoms with Crippen LogP contribution in [0.2, 0.25) is 0 Å². The first-order chi connectivity index (χ1) is 10.2. The molecule has 3 aromatic heterocycles. The van der Waals surface area contributed by atoms with E-state index in [0.29, 0.717) is 5.88 Å². The van der Waals surface area contributed by atoms with Gasteiger partial charge in [-0.25, -0.2) is 9.67 Å². The van der Waals surface area contributed by atoms with Gasteiger partial charge in [-0.2, -0.15) is 10.2 Å². The van der Waals surface area contributed by atoms with Gasteiger partial charge in [0, 0.05) is 37.8 Å². The zero-order valence-corrected chi connectivity index (χ0v) is 13.1. The van der Waals surface area contributed by atoms with Crippen LogP contribution in [0.15, 0.2) is 18.5 Å². The molecule has 0 N–H and O–H groups in total. The highest BCUT2D eigenvalue weighted by molar-refractivity contribution is 6.17. The number of aryl methyl sites for hydroxylation is 5. The second-order valence-corrected chi connectivity index (χ2v) is 5.34. The van der Waals surface area contributed by atoms with Crippen molar-refractivity contribution in [3.63, 3.8) is 0 Å². The standard InChI is InChI=1S/C14H19ClN6/c1-3-21-14-13(11(2)18-21)17-12(5-6-15)20(14)10-9-19-8-4-7-16-19/h4,7-8H,3,5-6,9-10H2,1-2H3. The van der Waals surface area contributed by atoms with Gasteiger partial charge in [0.15, 0.2) is 5.65 Å². The molecule has 0 spiro atoms. The van der Waals surface area contributed by atoms with Crippen molar-refractivity contribution in [2.75, 3.05) is 5.88 Å². The van der Waals surface area contributed by atoms with Crippen LogP contribution in [0.25, 0.3) is 11.2 Å². The molecule has 0 amide bonds. The number of rotatable bonds is 6. The molecule has 0 fully saturated rings. The number of hydrogen-bond donors (Lipinski definition) is 0. The molecule has 0 unspecified atom stereocenters. The van der Waals surface area contributed by atoms with Crippen molar-refractivity contribution in [2.24, 2.45) is 0 Å². The van der Waals surface area contributed by atoms with Crippen LogP contribution in [0.5, 0.6) is 0 Å². The Morgan fingerprint density at radius 2 is 2.14 bits per heavy atom. The largest absolute Gasteiger partial charge is 0.311 e. The average molecular weight is 307 g/mol. The number of alkyl halides is 1. The molecule has 0 aliphatic rings. The number of halogens is 1. The van der Waals surface area contributed by atoms with E-state index in [4.69, 9.17) is 16.6 Å². The first kappa shape index (κ1) is 14.1. The highest BCUT2D eigenvalue weighted by Gasteiger charge is 2.17. The fourth-order valence-electron chi connectivity index (χ4n) is 2.64. The lowest BCUT2D eigenvalue weighted by Crippen LogP contribution is -2.13. The van der Waals surface area contributed by atoms with Crippen LogP contribution >= 0.6 is 11.6 Å². The van der Waals surface area contributed by atoms with Crippen molar-refractivity contribution in [1.29, 1.82) is 0 Å². The lowest BCUT2D eigenvalue weighted by molar-refractivity contribution is 0.518. The van der Waals surface area contributed by atoms with Crippen LogP contribution in [0, 0.1) is 6.92 Å². The Morgan fingerprint density at radius 3 is 2.81 bits per heavy atom. The Balaban J connectivity index is 2.01. The molecule has 3 aromatic rings. The lowest BCUT2D eigenvalue weighted by Gasteiger charge is -2.10. The van der Waals surface area contributed by atoms with Crippen LogP contribution in [-0.4, -0.2) is 35.0 Å². The second kappa shape index (κ2) is 5.89. The summed E-state index contributed by atoms with van der Waals surface area (Å²) >= 11 is 5.92. The molecule has 0 saturated heterocycles. The van der Waals surface area contributed by atoms with Crippen LogP contribution in [-0.2, 0) is 26.1 Å². The Hall–Kier alpha value is -1.82. The van der Waals surface area contributed by atoms with E-state index in [2.05, 4.69) is 21.7 Å². The van der Waals surface area contributed by atoms with Crippen molar-refractivity contribution in [3.8, 4) is 0 Å². The van der Waals surface area contributed by atoms with Gasteiger partial charge in [-0.1, -0.05) is 0 Å². The van der Waals surface area contributed by atoms with Crippen molar-refractivity contribution in [1.82, 2.24) is 29.1 Å². The van der Waals surface area contributed by atoms with Gasteiger partial charge in [-0.3, -0.25) is 4.68 Å². The fourth-order valence-corrected chi connectivity index (χ4v) is 2.80. The minimum atomic E-state index is 0.569. The second-order valence-electron chi connectivity index (χ2n) is 4.96. The minimum absolute atomic E-state index is 0.569. The third kappa shape index (κ3) is 2.55. The van der Waals surface area contributed by atoms with Gasteiger partial charge >= 0.3 is 0 Å². The zero-order valence-electron chi connectivity index (χ0n) is 12.3. The third-order valence-electron chi connectivity index (χ3n) is 3.61. The first-order valence-corrected chi connectivity index (χ1v) is 7.74. The number of aromatic nitrogens is 6. The van der Waals surface area contributed by atoms with E-state index in [9.17, 15) is 0 Å². The molecular weight excluding hydrogens is 288 g/mol. The Labute approximate surface area is 128 Å². The van der Waals surface area contributed by atoms with Crippen molar-refractivity contribution >= 4 is 22.8 Å². The average Bonchev–Trinajstić information content (AvgIpc) is 3.16. The molecule has 0 radical (unpaired) electrons. The van der Waals surface area contributed by atoms with Crippen LogP contribution in [0.3, 0.4) is 0 Å². The molecule has 3 heterocycles. The predicted octanol–water partition coefficient (Wildman–Crippen LogP) is 2.24. The van der Waals surface area contributed by atoms with Crippen molar-refractivity contribution < 1.29 is 0 Å². The molecule has 0 aliphatic heterocycles. The van der Waals surface area contributed by atoms with Crippen LogP contribution in [0.4, 0.5) is 0 Å². The number of nitrogens with zero attached hydrogens (tertiary/aromatic N) is 6. The van der Waals surface area contributed by atoms with E-state index >= 15 is 0 Å². The van der Waals surface area contributed by atoms with Gasteiger partial charge in [-0.15, -0.1) is 11.6 Å². The van der Waals surface area contributed by atoms with E-state index in [-0.39, 0.29) is 0 Å². The quantitative estimate of drug-likeness (QED) is 0.656. The van der Waals surface area contributed by atoms with Crippen molar-refractivity contribution in [2.45, 2.75) is 39.9 Å². The number of hydrogen-bond acceptors (Lipinski definition) is 3. The third-order valence-corrected chi connectivity index (χ3v) is 3.80. The number of fused-ring (bicyclic) bond motifs is 1. The highest BCUT2D eigenvalue weighted by Crippen LogP contribution is 2.20. The Bertz CT molecular complexity index is 724. The molecule has 7 heteroatoms. The summed E-state index contributed by atoms with van der Waals surface area (Å²) in [6.45, 7) is 6.55. The van der Waals surface area contributed by atoms with Gasteiger partial charge in [0.1, 0.15) is 11.3 Å². The van der Waals surface area contributed by atoms with Gasteiger partial charge < -0.3 is 4.57 Å². The van der Waals surface area contributed by atoms with Gasteiger partial charge in [-0.05, 0) is 19.9 Å². The first-order valence-electron chi connectivity index (χ1n) is 7.20. The molecule has 3 rings (SSSR count). The topological polar surface area (TPSA) is 53.5 Å². The summed E-state index contributed by atoms with van der Waals surface area (Å²) in [6.07, 6.45) is 4.53. The van der Waals surface area contributed by atoms with Crippen LogP contribution < -0.4 is 0 Å². The summed E-state index contributed by atoms with van der Waals surface area (Å²) in [6, 6.07) is 1.93. The molecule has 0 aliphatic carbocycles. The molecule has 0 atom stereocenters. The Kier molecular flexibility index (Phi) is 3.96. The molecule has 6 nitrogen and oxygen atoms in total. The van der Waals surface area contributed by atoms with E-state index in [0.717, 1.165) is 48.7 Å². The van der Waals surface area contributed by atoms with E-state index in [1.807, 2.05) is 28.6 Å². The van der Waals surface area contributed by atoms with Crippen molar-refractivity contribution in [3.05, 3.63) is 30.0 Å². The minimum Gasteiger partial charge on any atom is -0.311 e. The van der Waals surface area contributed by atoms with Gasteiger partial charge in [0.25, 0.3) is 0 Å². The molecule has 112 valence electrons. The molecule has 0 aromatic carbocycles. The summed E-state index contributed by atoms with van der Waals surface area (Å²) in [5.41, 5.74) is 3.04. The van der Waals surface area contributed by atoms with Crippen LogP contribution in [0.1, 0.15) is 18.4 Å². The summed E-state index contributed by atoms with van der Waals surface area (Å²) in [5.74, 6) is 1.59. The number of imidazole rings is 1. The zero-order chi connectivity index (χ0) is 14.8. The molecule has 0 saturated carbocycles. The molecule has 0 bridgehead atoms. The smallest absolute Gasteiger partial charge is 0.158 e. The maximum Gasteiger partial charge on any atom is 0.158 e. The fraction of sp³-hybridized carbons (Fsp3) is 0.500. The van der Waals surface area contributed by atoms with Gasteiger partial charge in [0.05, 0.1) is 12.2 Å². The summed E-state index contributed by atoms with van der Waals surface area (Å²) in [5, 5.41) is 8.81. The molecular formula is C14H19ClN6. The maximum atomic E-state index is 5.92. The SMILES string of the molecule is CCn1nc(C)c2nc(CCCl)n(CCn3cccn3)c21. The lowest BCUT2D eigenvalue weighted by atomic mass is 10.4. The maximum absolute atomic E-state index is 5.92. The Morgan fingerprint density at radius 1 is 1.29 bits per heavy atom. The summed E-state index contributed by atoms with van der Waals surface area (Å²) in [7, 11) is 0. The van der Waals surface area contributed by atoms with E-state index in [1.165, 1.54) is 0 Å². The summed E-state index contributed by atoms with van der Waals surface area (Å²) in [4.78, 5) is 4.74. The molecule has 21 heavy (non-hydrogen) atoms. The van der Waals surface area contributed by atoms with E-state index in [1.54, 1.807) is 6.20 Å². The predicted molar refractivity (Wildman–Crippen MR) is 82.6 cm³/mol.